The zero-order valence-corrected chi connectivity index (χ0v) is 11.7. The van der Waals surface area contributed by atoms with Crippen LogP contribution in [0, 0.1) is 0 Å². The number of amides is 1. The quantitative estimate of drug-likeness (QED) is 0.830. The lowest BCUT2D eigenvalue weighted by Gasteiger charge is -2.16. The zero-order valence-electron chi connectivity index (χ0n) is 11.7. The predicted octanol–water partition coefficient (Wildman–Crippen LogP) is 2.75. The van der Waals surface area contributed by atoms with E-state index < -0.39 is 0 Å². The third-order valence-electron chi connectivity index (χ3n) is 3.56. The first-order valence-corrected chi connectivity index (χ1v) is 6.93. The maximum absolute atomic E-state index is 11.8. The van der Waals surface area contributed by atoms with Gasteiger partial charge in [0.05, 0.1) is 12.8 Å². The molecule has 1 heterocycles. The third kappa shape index (κ3) is 3.07. The second kappa shape index (κ2) is 6.57. The van der Waals surface area contributed by atoms with E-state index in [0.717, 1.165) is 38.2 Å². The van der Waals surface area contributed by atoms with Crippen LogP contribution < -0.4 is 10.2 Å². The Kier molecular flexibility index (Phi) is 4.80. The molecular weight excluding hydrogens is 240 g/mol. The fourth-order valence-corrected chi connectivity index (χ4v) is 2.60. The molecule has 1 amide bonds. The fraction of sp³-hybridized carbons (Fsp3) is 0.533. The number of carbonyl (C=O) groups excluding carboxylic acids is 1. The standard InChI is InChI=1S/C15H22N2O2/c1-3-9-16-10-8-12-11-17(15(18)19-2)14-7-5-4-6-13(12)14/h4-7,12,16H,3,8-11H2,1-2H3. The number of rotatable bonds is 5. The van der Waals surface area contributed by atoms with Crippen LogP contribution in [0.1, 0.15) is 31.2 Å². The van der Waals surface area contributed by atoms with E-state index in [-0.39, 0.29) is 6.09 Å². The molecule has 1 N–H and O–H groups in total. The lowest BCUT2D eigenvalue weighted by molar-refractivity contribution is 0.179. The van der Waals surface area contributed by atoms with Gasteiger partial charge in [0, 0.05) is 12.5 Å². The summed E-state index contributed by atoms with van der Waals surface area (Å²) in [7, 11) is 1.43. The van der Waals surface area contributed by atoms with Crippen LogP contribution in [0.5, 0.6) is 0 Å². The number of hydrogen-bond donors (Lipinski definition) is 1. The van der Waals surface area contributed by atoms with Gasteiger partial charge in [-0.25, -0.2) is 4.79 Å². The number of para-hydroxylation sites is 1. The Morgan fingerprint density at radius 3 is 2.95 bits per heavy atom. The highest BCUT2D eigenvalue weighted by Crippen LogP contribution is 2.37. The van der Waals surface area contributed by atoms with E-state index in [0.29, 0.717) is 5.92 Å². The largest absolute Gasteiger partial charge is 0.452 e. The van der Waals surface area contributed by atoms with Gasteiger partial charge >= 0.3 is 6.09 Å². The Labute approximate surface area is 114 Å². The smallest absolute Gasteiger partial charge is 0.414 e. The Bertz CT molecular complexity index is 434. The second-order valence-electron chi connectivity index (χ2n) is 4.88. The average molecular weight is 262 g/mol. The summed E-state index contributed by atoms with van der Waals surface area (Å²) in [6, 6.07) is 8.10. The number of methoxy groups -OCH3 is 1. The summed E-state index contributed by atoms with van der Waals surface area (Å²) in [5, 5.41) is 3.42. The minimum atomic E-state index is -0.267. The lowest BCUT2D eigenvalue weighted by Crippen LogP contribution is -2.30. The molecule has 104 valence electrons. The lowest BCUT2D eigenvalue weighted by atomic mass is 9.98. The summed E-state index contributed by atoms with van der Waals surface area (Å²) in [4.78, 5) is 13.5. The minimum Gasteiger partial charge on any atom is -0.452 e. The molecule has 1 aromatic carbocycles. The second-order valence-corrected chi connectivity index (χ2v) is 4.88. The van der Waals surface area contributed by atoms with Gasteiger partial charge in [-0.3, -0.25) is 4.90 Å². The number of carbonyl (C=O) groups is 1. The fourth-order valence-electron chi connectivity index (χ4n) is 2.60. The highest BCUT2D eigenvalue weighted by molar-refractivity contribution is 5.90. The molecule has 0 aliphatic carbocycles. The first kappa shape index (κ1) is 13.9. The molecule has 4 heteroatoms. The summed E-state index contributed by atoms with van der Waals surface area (Å²) in [5.41, 5.74) is 2.25. The van der Waals surface area contributed by atoms with Crippen molar-refractivity contribution in [1.29, 1.82) is 0 Å². The van der Waals surface area contributed by atoms with Crippen molar-refractivity contribution >= 4 is 11.8 Å². The molecule has 19 heavy (non-hydrogen) atoms. The maximum Gasteiger partial charge on any atom is 0.414 e. The van der Waals surface area contributed by atoms with E-state index >= 15 is 0 Å². The van der Waals surface area contributed by atoms with Crippen LogP contribution >= 0.6 is 0 Å². The molecule has 0 saturated heterocycles. The normalized spacial score (nSPS) is 17.4. The number of fused-ring (bicyclic) bond motifs is 1. The third-order valence-corrected chi connectivity index (χ3v) is 3.56. The molecule has 0 fully saturated rings. The van der Waals surface area contributed by atoms with Crippen molar-refractivity contribution in [3.8, 4) is 0 Å². The number of nitrogens with one attached hydrogen (secondary N) is 1. The SMILES string of the molecule is CCCNCCC1CN(C(=O)OC)c2ccccc21. The van der Waals surface area contributed by atoms with Gasteiger partial charge in [0.1, 0.15) is 0 Å². The van der Waals surface area contributed by atoms with Crippen molar-refractivity contribution in [1.82, 2.24) is 5.32 Å². The molecule has 4 nitrogen and oxygen atoms in total. The van der Waals surface area contributed by atoms with Gasteiger partial charge in [0.2, 0.25) is 0 Å². The van der Waals surface area contributed by atoms with Crippen LogP contribution in [0.4, 0.5) is 10.5 Å². The highest BCUT2D eigenvalue weighted by atomic mass is 16.5. The van der Waals surface area contributed by atoms with Gasteiger partial charge in [0.15, 0.2) is 0 Å². The van der Waals surface area contributed by atoms with E-state index in [9.17, 15) is 4.79 Å². The molecule has 0 aromatic heterocycles. The van der Waals surface area contributed by atoms with Crippen molar-refractivity contribution in [3.63, 3.8) is 0 Å². The van der Waals surface area contributed by atoms with Crippen molar-refractivity contribution < 1.29 is 9.53 Å². The number of benzene rings is 1. The average Bonchev–Trinajstić information content (AvgIpc) is 2.82. The first-order valence-electron chi connectivity index (χ1n) is 6.93. The first-order chi connectivity index (χ1) is 9.27. The van der Waals surface area contributed by atoms with Crippen LogP contribution in [-0.2, 0) is 4.74 Å². The number of anilines is 1. The van der Waals surface area contributed by atoms with Crippen LogP contribution in [0.2, 0.25) is 0 Å². The number of hydrogen-bond acceptors (Lipinski definition) is 3. The van der Waals surface area contributed by atoms with E-state index in [1.165, 1.54) is 12.7 Å². The zero-order chi connectivity index (χ0) is 13.7. The Morgan fingerprint density at radius 1 is 1.42 bits per heavy atom. The molecule has 1 aromatic rings. The summed E-state index contributed by atoms with van der Waals surface area (Å²) < 4.78 is 4.85. The minimum absolute atomic E-state index is 0.267. The van der Waals surface area contributed by atoms with Gasteiger partial charge in [0.25, 0.3) is 0 Å². The van der Waals surface area contributed by atoms with Gasteiger partial charge in [-0.1, -0.05) is 25.1 Å². The molecule has 1 aliphatic heterocycles. The Balaban J connectivity index is 2.05. The summed E-state index contributed by atoms with van der Waals surface area (Å²) in [5.74, 6) is 0.402. The van der Waals surface area contributed by atoms with Gasteiger partial charge in [-0.2, -0.15) is 0 Å². The number of ether oxygens (including phenoxy) is 1. The molecule has 0 saturated carbocycles. The van der Waals surface area contributed by atoms with Crippen molar-refractivity contribution in [2.75, 3.05) is 31.6 Å². The molecular formula is C15H22N2O2. The van der Waals surface area contributed by atoms with Crippen molar-refractivity contribution in [2.45, 2.75) is 25.7 Å². The van der Waals surface area contributed by atoms with Gasteiger partial charge < -0.3 is 10.1 Å². The summed E-state index contributed by atoms with van der Waals surface area (Å²) in [6.45, 7) is 4.92. The Morgan fingerprint density at radius 2 is 2.21 bits per heavy atom. The van der Waals surface area contributed by atoms with Crippen LogP contribution in [0.15, 0.2) is 24.3 Å². The number of nitrogens with zero attached hydrogens (tertiary/aromatic N) is 1. The summed E-state index contributed by atoms with van der Waals surface area (Å²) >= 11 is 0. The van der Waals surface area contributed by atoms with Crippen LogP contribution in [0.25, 0.3) is 0 Å². The van der Waals surface area contributed by atoms with Crippen LogP contribution in [-0.4, -0.2) is 32.8 Å². The van der Waals surface area contributed by atoms with Crippen molar-refractivity contribution in [2.24, 2.45) is 0 Å². The monoisotopic (exact) mass is 262 g/mol. The van der Waals surface area contributed by atoms with E-state index in [4.69, 9.17) is 4.74 Å². The molecule has 1 unspecified atom stereocenters. The molecule has 0 radical (unpaired) electrons. The van der Waals surface area contributed by atoms with Gasteiger partial charge in [-0.15, -0.1) is 0 Å². The molecule has 0 spiro atoms. The van der Waals surface area contributed by atoms with E-state index in [1.54, 1.807) is 4.90 Å². The molecule has 1 aliphatic rings. The molecule has 2 rings (SSSR count). The van der Waals surface area contributed by atoms with Crippen molar-refractivity contribution in [3.05, 3.63) is 29.8 Å². The summed E-state index contributed by atoms with van der Waals surface area (Å²) in [6.07, 6.45) is 1.93. The highest BCUT2D eigenvalue weighted by Gasteiger charge is 2.32. The van der Waals surface area contributed by atoms with E-state index in [2.05, 4.69) is 18.3 Å². The van der Waals surface area contributed by atoms with Gasteiger partial charge in [-0.05, 0) is 37.6 Å². The maximum atomic E-state index is 11.8. The molecule has 1 atom stereocenters. The molecule has 0 bridgehead atoms. The van der Waals surface area contributed by atoms with E-state index in [1.807, 2.05) is 18.2 Å². The van der Waals surface area contributed by atoms with Crippen LogP contribution in [0.3, 0.4) is 0 Å². The topological polar surface area (TPSA) is 41.6 Å². The Hall–Kier alpha value is -1.55. The predicted molar refractivity (Wildman–Crippen MR) is 76.7 cm³/mol.